The molecule has 672 valence electrons. The van der Waals surface area contributed by atoms with Crippen molar-refractivity contribution in [3.8, 4) is 45.2 Å². The van der Waals surface area contributed by atoms with Crippen molar-refractivity contribution >= 4 is 62.1 Å². The summed E-state index contributed by atoms with van der Waals surface area (Å²) in [5.74, 6) is 0.383. The standard InChI is InChI=1S/2C27H32N6O.C25H30N6O2.C21H23N7O/c2*1-4-20-12-21(16-31-14-18(2)28-27(20)31)24-13-26(34)33-17-23(8-9-25(33)29-24)30-10-11-32(19(3)15-30)22-6-5-7-22;1-4-19-11-20(15-30-13-17(2)26-25(19)30)22-12-24(33)31-16-21(5-6-23(31)27-22)29-8-7-28(9-10-32)18(3)14-29;1-3-15-19-8-17(26-28(19)11-13(2)24-15)16-9-21(29)27-12-18(23-10-20(27)25-16)14-4-6-22-7-5-14/h2*8-9,12-14,16-17,19,22H,4-7,10-11,15H2,1-3H3;5-6,11-13,15-16,18,32H,4,7-10,14H2,1-3H3;8-12,14,22H,3-7H2,1-2H3/t2*19-;18-;/m100./s1. The molecule has 2 saturated carbocycles. The highest BCUT2D eigenvalue weighted by molar-refractivity contribution is 5.71. The van der Waals surface area contributed by atoms with Gasteiger partial charge in [0.05, 0.1) is 98.5 Å². The van der Waals surface area contributed by atoms with Crippen LogP contribution in [-0.4, -0.2) is 220 Å². The highest BCUT2D eigenvalue weighted by atomic mass is 16.3. The molecule has 30 heteroatoms. The number of nitrogens with one attached hydrogen (secondary N) is 1. The topological polar surface area (TPSA) is 284 Å². The van der Waals surface area contributed by atoms with Crippen LogP contribution in [0.5, 0.6) is 0 Å². The summed E-state index contributed by atoms with van der Waals surface area (Å²) in [5, 5.41) is 17.2. The summed E-state index contributed by atoms with van der Waals surface area (Å²) in [5.41, 5.74) is 24.5. The van der Waals surface area contributed by atoms with Gasteiger partial charge in [-0.2, -0.15) is 5.10 Å². The summed E-state index contributed by atoms with van der Waals surface area (Å²) in [4.78, 5) is 109. The number of fused-ring (bicyclic) bond motifs is 8. The molecule has 16 aromatic heterocycles. The van der Waals surface area contributed by atoms with Crippen molar-refractivity contribution in [2.24, 2.45) is 0 Å². The molecule has 20 heterocycles. The fourth-order valence-corrected chi connectivity index (χ4v) is 20.0. The second kappa shape index (κ2) is 36.7. The van der Waals surface area contributed by atoms with Gasteiger partial charge in [-0.3, -0.25) is 61.4 Å². The molecule has 2 aliphatic carbocycles. The van der Waals surface area contributed by atoms with Gasteiger partial charge in [-0.05, 0) is 203 Å². The summed E-state index contributed by atoms with van der Waals surface area (Å²) in [6.45, 7) is 34.8. The summed E-state index contributed by atoms with van der Waals surface area (Å²) in [6.07, 6.45) is 36.9. The average Bonchev–Trinajstić information content (AvgIpc) is 1.02. The van der Waals surface area contributed by atoms with Crippen LogP contribution in [0.4, 0.5) is 17.1 Å². The Morgan fingerprint density at radius 3 is 1.21 bits per heavy atom. The minimum atomic E-state index is -0.121. The van der Waals surface area contributed by atoms with Gasteiger partial charge in [0.25, 0.3) is 22.2 Å². The number of piperazine rings is 3. The molecule has 0 aromatic carbocycles. The Morgan fingerprint density at radius 1 is 0.400 bits per heavy atom. The molecule has 130 heavy (non-hydrogen) atoms. The number of hydrogen-bond donors (Lipinski definition) is 2. The second-order valence-electron chi connectivity index (χ2n) is 36.3. The molecule has 0 radical (unpaired) electrons. The van der Waals surface area contributed by atoms with E-state index in [9.17, 15) is 24.3 Å². The highest BCUT2D eigenvalue weighted by Crippen LogP contribution is 2.35. The van der Waals surface area contributed by atoms with Crippen LogP contribution in [0.1, 0.15) is 157 Å². The van der Waals surface area contributed by atoms with Crippen LogP contribution in [-0.2, 0) is 25.7 Å². The molecule has 4 aliphatic heterocycles. The van der Waals surface area contributed by atoms with Gasteiger partial charge >= 0.3 is 0 Å². The number of aliphatic hydroxyl groups excluding tert-OH is 1. The fourth-order valence-electron chi connectivity index (χ4n) is 20.0. The number of nitrogens with zero attached hydrogens (tertiary/aromatic N) is 24. The van der Waals surface area contributed by atoms with Gasteiger partial charge < -0.3 is 38.3 Å². The number of aromatic nitrogens is 18. The quantitative estimate of drug-likeness (QED) is 0.0909. The van der Waals surface area contributed by atoms with Crippen LogP contribution in [0.2, 0.25) is 0 Å². The van der Waals surface area contributed by atoms with Gasteiger partial charge in [0.1, 0.15) is 39.6 Å². The number of aryl methyl sites for hydroxylation is 8. The molecule has 0 bridgehead atoms. The molecule has 0 spiro atoms. The lowest BCUT2D eigenvalue weighted by Crippen LogP contribution is -2.57. The Labute approximate surface area is 754 Å². The van der Waals surface area contributed by atoms with E-state index in [0.717, 1.165) is 230 Å². The first-order valence-corrected chi connectivity index (χ1v) is 46.7. The monoisotopic (exact) mass is 1750 g/mol. The van der Waals surface area contributed by atoms with E-state index >= 15 is 0 Å². The largest absolute Gasteiger partial charge is 0.395 e. The Kier molecular flexibility index (Phi) is 24.4. The zero-order valence-electron chi connectivity index (χ0n) is 76.5. The minimum absolute atomic E-state index is 0.0528. The first kappa shape index (κ1) is 86.6. The molecule has 16 aromatic rings. The maximum atomic E-state index is 13.2. The summed E-state index contributed by atoms with van der Waals surface area (Å²) < 4.78 is 14.5. The van der Waals surface area contributed by atoms with Crippen LogP contribution >= 0.6 is 0 Å². The third-order valence-electron chi connectivity index (χ3n) is 27.5. The first-order valence-electron chi connectivity index (χ1n) is 46.7. The number of rotatable bonds is 16. The van der Waals surface area contributed by atoms with Crippen molar-refractivity contribution in [3.63, 3.8) is 0 Å². The van der Waals surface area contributed by atoms with E-state index in [4.69, 9.17) is 15.0 Å². The molecular weight excluding hydrogens is 1630 g/mol. The molecular formula is C100H117N25O5. The molecule has 6 aliphatic rings. The van der Waals surface area contributed by atoms with E-state index in [1.165, 1.54) is 38.5 Å². The normalized spacial score (nSPS) is 18.2. The van der Waals surface area contributed by atoms with Crippen molar-refractivity contribution in [1.82, 2.24) is 105 Å². The molecule has 0 amide bonds. The molecule has 2 N–H and O–H groups in total. The number of anilines is 3. The Morgan fingerprint density at radius 2 is 0.808 bits per heavy atom. The average molecular weight is 1750 g/mol. The lowest BCUT2D eigenvalue weighted by atomic mass is 9.89. The number of β-amino-alcohol motifs (C(OH)–C–C–N with tert-alkyl or cyclic N) is 1. The Bertz CT molecular complexity index is 6990. The number of aliphatic hydroxyl groups is 1. The third-order valence-corrected chi connectivity index (χ3v) is 27.5. The van der Waals surface area contributed by atoms with Gasteiger partial charge in [0.15, 0.2) is 5.65 Å². The number of hydrogen-bond acceptors (Lipinski definition) is 22. The van der Waals surface area contributed by atoms with Crippen molar-refractivity contribution in [1.29, 1.82) is 0 Å². The van der Waals surface area contributed by atoms with Gasteiger partial charge in [0.2, 0.25) is 0 Å². The number of pyridine rings is 6. The van der Waals surface area contributed by atoms with Crippen molar-refractivity contribution in [2.45, 2.75) is 189 Å². The highest BCUT2D eigenvalue weighted by Gasteiger charge is 2.35. The van der Waals surface area contributed by atoms with Crippen LogP contribution in [0.3, 0.4) is 0 Å². The summed E-state index contributed by atoms with van der Waals surface area (Å²) >= 11 is 0. The predicted molar refractivity (Wildman–Crippen MR) is 512 cm³/mol. The third kappa shape index (κ3) is 17.5. The number of imidazole rings is 3. The van der Waals surface area contributed by atoms with E-state index in [1.54, 1.807) is 48.1 Å². The summed E-state index contributed by atoms with van der Waals surface area (Å²) in [7, 11) is 0. The second-order valence-corrected chi connectivity index (χ2v) is 36.3. The van der Waals surface area contributed by atoms with Crippen LogP contribution in [0.25, 0.3) is 90.2 Å². The molecule has 6 fully saturated rings. The smallest absolute Gasteiger partial charge is 0.258 e. The summed E-state index contributed by atoms with van der Waals surface area (Å²) in [6, 6.07) is 29.8. The van der Waals surface area contributed by atoms with Gasteiger partial charge in [-0.15, -0.1) is 0 Å². The van der Waals surface area contributed by atoms with E-state index in [1.807, 2.05) is 144 Å². The molecule has 3 atom stereocenters. The molecule has 0 unspecified atom stereocenters. The molecule has 4 saturated heterocycles. The van der Waals surface area contributed by atoms with Crippen molar-refractivity contribution in [3.05, 3.63) is 252 Å². The fraction of sp³-hybridized carbons (Fsp3) is 0.420. The van der Waals surface area contributed by atoms with Gasteiger partial charge in [-0.25, -0.2) is 39.4 Å². The van der Waals surface area contributed by atoms with Gasteiger partial charge in [0, 0.05) is 204 Å². The van der Waals surface area contributed by atoms with Crippen LogP contribution < -0.4 is 42.3 Å². The van der Waals surface area contributed by atoms with Gasteiger partial charge in [-0.1, -0.05) is 40.5 Å². The maximum Gasteiger partial charge on any atom is 0.258 e. The first-order chi connectivity index (χ1) is 63.1. The molecule has 30 nitrogen and oxygen atoms in total. The SMILES string of the molecule is CCc1cc(-c2cc(=O)n3cc(N4CCN(C5CCC5)[C@@H](C)C4)ccc3n2)cn2cc(C)nc12.CCc1cc(-c2cc(=O)n3cc(N4CCN(C5CCC5)[C@H](C)C4)ccc3n2)cn2cc(C)nc12.CCc1cc(-c2cc(=O)n3cc(N4CCN(CCO)[C@@H](C)C4)ccc3n2)cn2cc(C)nc12.CCc1nc(C)cn2nc(-c3cc(=O)n4cc(C5CCNCC5)ncc4n3)cc12. The van der Waals surface area contributed by atoms with E-state index in [2.05, 4.69) is 149 Å². The van der Waals surface area contributed by atoms with E-state index in [-0.39, 0.29) is 28.8 Å². The Hall–Kier alpha value is -12.7. The number of piperidine rings is 1. The Balaban J connectivity index is 0.000000113. The van der Waals surface area contributed by atoms with E-state index in [0.29, 0.717) is 81.6 Å². The van der Waals surface area contributed by atoms with Crippen LogP contribution in [0.15, 0.2) is 178 Å². The van der Waals surface area contributed by atoms with E-state index < -0.39 is 0 Å². The maximum absolute atomic E-state index is 13.2. The zero-order valence-corrected chi connectivity index (χ0v) is 76.5. The van der Waals surface area contributed by atoms with Crippen molar-refractivity contribution in [2.75, 3.05) is 99.8 Å². The van der Waals surface area contributed by atoms with Crippen LogP contribution in [0, 0.1) is 27.7 Å². The lowest BCUT2D eigenvalue weighted by molar-refractivity contribution is 0.0774. The predicted octanol–water partition coefficient (Wildman–Crippen LogP) is 12.4. The zero-order chi connectivity index (χ0) is 89.9. The lowest BCUT2D eigenvalue weighted by Gasteiger charge is -2.47. The minimum Gasteiger partial charge on any atom is -0.395 e. The molecule has 22 rings (SSSR count). The van der Waals surface area contributed by atoms with Crippen molar-refractivity contribution < 1.29 is 5.11 Å².